The highest BCUT2D eigenvalue weighted by atomic mass is 35.5. The molecule has 12 heavy (non-hydrogen) atoms. The summed E-state index contributed by atoms with van der Waals surface area (Å²) in [5.41, 5.74) is 0.280. The van der Waals surface area contributed by atoms with Gasteiger partial charge in [0.05, 0.1) is 0 Å². The Kier molecular flexibility index (Phi) is 3.39. The van der Waals surface area contributed by atoms with E-state index in [4.69, 9.17) is 34.8 Å². The summed E-state index contributed by atoms with van der Waals surface area (Å²) >= 11 is 16.3. The third-order valence-electron chi connectivity index (χ3n) is 1.22. The predicted molar refractivity (Wildman–Crippen MR) is 51.1 cm³/mol. The normalized spacial score (nSPS) is 9.67. The molecule has 0 heterocycles. The Balaban J connectivity index is 3.14. The highest BCUT2D eigenvalue weighted by molar-refractivity contribution is 6.57. The van der Waals surface area contributed by atoms with E-state index in [9.17, 15) is 4.39 Å². The summed E-state index contributed by atoms with van der Waals surface area (Å²) in [5, 5.41) is 0.442. The van der Waals surface area contributed by atoms with Gasteiger partial charge < -0.3 is 0 Å². The van der Waals surface area contributed by atoms with Gasteiger partial charge in [-0.1, -0.05) is 34.8 Å². The van der Waals surface area contributed by atoms with Crippen molar-refractivity contribution < 1.29 is 4.39 Å². The maximum absolute atomic E-state index is 12.9. The molecule has 0 aliphatic heterocycles. The minimum atomic E-state index is -0.404. The monoisotopic (exact) mass is 224 g/mol. The smallest absolute Gasteiger partial charge is 0.130 e. The standard InChI is InChI=1S/C8H4Cl3F/c9-6-1-2-7(12)5(3-6)4-8(10)11/h1-4H. The zero-order chi connectivity index (χ0) is 9.14. The lowest BCUT2D eigenvalue weighted by Crippen LogP contribution is -1.80. The molecule has 0 N–H and O–H groups in total. The summed E-state index contributed by atoms with van der Waals surface area (Å²) in [4.78, 5) is 0. The molecular formula is C8H4Cl3F. The maximum Gasteiger partial charge on any atom is 0.130 e. The fraction of sp³-hybridized carbons (Fsp3) is 0. The van der Waals surface area contributed by atoms with E-state index < -0.39 is 5.82 Å². The summed E-state index contributed by atoms with van der Waals surface area (Å²) in [7, 11) is 0. The molecule has 0 aliphatic rings. The molecular weight excluding hydrogens is 221 g/mol. The molecule has 4 heteroatoms. The van der Waals surface area contributed by atoms with Crippen molar-refractivity contribution in [3.05, 3.63) is 39.1 Å². The van der Waals surface area contributed by atoms with Gasteiger partial charge in [-0.3, -0.25) is 0 Å². The topological polar surface area (TPSA) is 0 Å². The van der Waals surface area contributed by atoms with Crippen LogP contribution in [0.1, 0.15) is 5.56 Å². The van der Waals surface area contributed by atoms with Gasteiger partial charge in [-0.2, -0.15) is 0 Å². The van der Waals surface area contributed by atoms with Crippen LogP contribution in [0, 0.1) is 5.82 Å². The first-order chi connectivity index (χ1) is 5.59. The Bertz CT molecular complexity index is 316. The summed E-state index contributed by atoms with van der Waals surface area (Å²) in [6.07, 6.45) is 1.30. The first-order valence-corrected chi connectivity index (χ1v) is 4.21. The summed E-state index contributed by atoms with van der Waals surface area (Å²) in [6.45, 7) is 0. The van der Waals surface area contributed by atoms with Crippen LogP contribution < -0.4 is 0 Å². The summed E-state index contributed by atoms with van der Waals surface area (Å²) in [5.74, 6) is -0.404. The van der Waals surface area contributed by atoms with Crippen LogP contribution in [-0.4, -0.2) is 0 Å². The van der Waals surface area contributed by atoms with E-state index in [1.54, 1.807) is 0 Å². The van der Waals surface area contributed by atoms with Gasteiger partial charge in [-0.05, 0) is 24.3 Å². The number of hydrogen-bond donors (Lipinski definition) is 0. The van der Waals surface area contributed by atoms with Crippen LogP contribution in [0.3, 0.4) is 0 Å². The van der Waals surface area contributed by atoms with Crippen LogP contribution in [0.15, 0.2) is 22.7 Å². The van der Waals surface area contributed by atoms with Crippen LogP contribution in [0.25, 0.3) is 6.08 Å². The lowest BCUT2D eigenvalue weighted by atomic mass is 10.2. The third kappa shape index (κ3) is 2.67. The van der Waals surface area contributed by atoms with Gasteiger partial charge in [-0.25, -0.2) is 4.39 Å². The van der Waals surface area contributed by atoms with Gasteiger partial charge >= 0.3 is 0 Å². The molecule has 0 unspecified atom stereocenters. The number of rotatable bonds is 1. The number of benzene rings is 1. The third-order valence-corrected chi connectivity index (χ3v) is 1.68. The minimum absolute atomic E-state index is 0.00355. The molecule has 0 radical (unpaired) electrons. The van der Waals surface area contributed by atoms with E-state index in [2.05, 4.69) is 0 Å². The van der Waals surface area contributed by atoms with E-state index in [-0.39, 0.29) is 10.1 Å². The lowest BCUT2D eigenvalue weighted by Gasteiger charge is -1.96. The van der Waals surface area contributed by atoms with Crippen LogP contribution in [0.2, 0.25) is 5.02 Å². The van der Waals surface area contributed by atoms with Gasteiger partial charge in [0.2, 0.25) is 0 Å². The van der Waals surface area contributed by atoms with Gasteiger partial charge in [0.15, 0.2) is 0 Å². The Morgan fingerprint density at radius 1 is 1.33 bits per heavy atom. The first-order valence-electron chi connectivity index (χ1n) is 3.07. The van der Waals surface area contributed by atoms with Crippen molar-refractivity contribution in [3.63, 3.8) is 0 Å². The molecule has 0 fully saturated rings. The summed E-state index contributed by atoms with van der Waals surface area (Å²) in [6, 6.07) is 4.16. The molecule has 0 spiro atoms. The second kappa shape index (κ2) is 4.13. The average Bonchev–Trinajstić information content (AvgIpc) is 1.96. The van der Waals surface area contributed by atoms with Crippen LogP contribution in [0.4, 0.5) is 4.39 Å². The second-order valence-corrected chi connectivity index (χ2v) is 3.54. The van der Waals surface area contributed by atoms with Gasteiger partial charge in [0, 0.05) is 10.6 Å². The van der Waals surface area contributed by atoms with Gasteiger partial charge in [-0.15, -0.1) is 0 Å². The molecule has 0 saturated heterocycles. The van der Waals surface area contributed by atoms with E-state index in [1.165, 1.54) is 24.3 Å². The Morgan fingerprint density at radius 3 is 2.58 bits per heavy atom. The average molecular weight is 225 g/mol. The van der Waals surface area contributed by atoms with Crippen molar-refractivity contribution in [1.29, 1.82) is 0 Å². The highest BCUT2D eigenvalue weighted by Crippen LogP contribution is 2.20. The maximum atomic E-state index is 12.9. The molecule has 0 bridgehead atoms. The summed E-state index contributed by atoms with van der Waals surface area (Å²) < 4.78 is 12.9. The second-order valence-electron chi connectivity index (χ2n) is 2.10. The van der Waals surface area contributed by atoms with Crippen LogP contribution in [-0.2, 0) is 0 Å². The molecule has 1 aromatic rings. The zero-order valence-electron chi connectivity index (χ0n) is 5.82. The number of halogens is 4. The van der Waals surface area contributed by atoms with Gasteiger partial charge in [0.1, 0.15) is 10.3 Å². The van der Waals surface area contributed by atoms with Crippen LogP contribution in [0.5, 0.6) is 0 Å². The first kappa shape index (κ1) is 9.85. The molecule has 0 nitrogen and oxygen atoms in total. The fourth-order valence-corrected chi connectivity index (χ4v) is 1.16. The minimum Gasteiger partial charge on any atom is -0.206 e. The number of hydrogen-bond acceptors (Lipinski definition) is 0. The molecule has 0 atom stereocenters. The fourth-order valence-electron chi connectivity index (χ4n) is 0.743. The molecule has 0 aliphatic carbocycles. The zero-order valence-corrected chi connectivity index (χ0v) is 8.09. The Morgan fingerprint density at radius 2 is 2.00 bits per heavy atom. The molecule has 0 saturated carbocycles. The Labute approximate surface area is 84.5 Å². The van der Waals surface area contributed by atoms with E-state index in [0.717, 1.165) is 0 Å². The molecule has 0 amide bonds. The Hall–Kier alpha value is -0.240. The van der Waals surface area contributed by atoms with Crippen molar-refractivity contribution in [2.24, 2.45) is 0 Å². The SMILES string of the molecule is Fc1ccc(Cl)cc1C=C(Cl)Cl. The molecule has 64 valence electrons. The highest BCUT2D eigenvalue weighted by Gasteiger charge is 1.99. The molecule has 1 rings (SSSR count). The lowest BCUT2D eigenvalue weighted by molar-refractivity contribution is 0.625. The molecule has 0 aromatic heterocycles. The quantitative estimate of drug-likeness (QED) is 0.670. The van der Waals surface area contributed by atoms with Crippen molar-refractivity contribution in [1.82, 2.24) is 0 Å². The largest absolute Gasteiger partial charge is 0.206 e. The van der Waals surface area contributed by atoms with Crippen molar-refractivity contribution in [3.8, 4) is 0 Å². The van der Waals surface area contributed by atoms with Crippen molar-refractivity contribution in [2.75, 3.05) is 0 Å². The van der Waals surface area contributed by atoms with Gasteiger partial charge in [0.25, 0.3) is 0 Å². The van der Waals surface area contributed by atoms with Crippen LogP contribution >= 0.6 is 34.8 Å². The molecule has 1 aromatic carbocycles. The predicted octanol–water partition coefficient (Wildman–Crippen LogP) is 4.26. The van der Waals surface area contributed by atoms with Crippen molar-refractivity contribution >= 4 is 40.9 Å². The van der Waals surface area contributed by atoms with E-state index >= 15 is 0 Å². The van der Waals surface area contributed by atoms with E-state index in [0.29, 0.717) is 5.02 Å². The van der Waals surface area contributed by atoms with E-state index in [1.807, 2.05) is 0 Å². The van der Waals surface area contributed by atoms with Crippen molar-refractivity contribution in [2.45, 2.75) is 0 Å².